The maximum Gasteiger partial charge on any atom is 0.263 e. The molecule has 0 spiro atoms. The molecule has 3 aromatic heterocycles. The molecule has 1 aliphatic heterocycles. The van der Waals surface area contributed by atoms with Crippen molar-refractivity contribution in [2.45, 2.75) is 17.7 Å². The van der Waals surface area contributed by atoms with Gasteiger partial charge in [0.1, 0.15) is 22.0 Å². The van der Waals surface area contributed by atoms with Gasteiger partial charge in [0.25, 0.3) is 15.6 Å². The molecule has 0 radical (unpaired) electrons. The van der Waals surface area contributed by atoms with Crippen molar-refractivity contribution in [1.29, 1.82) is 0 Å². The largest absolute Gasteiger partial charge is 0.480 e. The van der Waals surface area contributed by atoms with Gasteiger partial charge in [0.2, 0.25) is 5.88 Å². The molecule has 4 aromatic rings. The zero-order chi connectivity index (χ0) is 28.3. The number of hydrogen-bond donors (Lipinski definition) is 1. The third kappa shape index (κ3) is 6.25. The molecule has 1 fully saturated rings. The fraction of sp³-hybridized carbons (Fsp3) is 0.296. The van der Waals surface area contributed by atoms with Gasteiger partial charge in [-0.1, -0.05) is 11.6 Å². The Hall–Kier alpha value is -3.58. The minimum atomic E-state index is -4.20. The van der Waals surface area contributed by atoms with Crippen LogP contribution in [0.2, 0.25) is 5.02 Å². The SMILES string of the molecule is COc1ncc(-c2ccc3nc(CCCN4CCOCC4)cc(=O)n3c2)cc1NS(=O)(=O)c1ccc(F)cc1Cl. The van der Waals surface area contributed by atoms with E-state index in [1.165, 1.54) is 29.8 Å². The Kier molecular flexibility index (Phi) is 8.31. The van der Waals surface area contributed by atoms with Gasteiger partial charge in [-0.3, -0.25) is 18.8 Å². The maximum atomic E-state index is 13.4. The Labute approximate surface area is 235 Å². The highest BCUT2D eigenvalue weighted by molar-refractivity contribution is 7.92. The van der Waals surface area contributed by atoms with E-state index in [0.29, 0.717) is 23.2 Å². The lowest BCUT2D eigenvalue weighted by Gasteiger charge is -2.26. The summed E-state index contributed by atoms with van der Waals surface area (Å²) in [7, 11) is -2.84. The normalized spacial score (nSPS) is 14.4. The molecule has 0 bridgehead atoms. The molecule has 1 N–H and O–H groups in total. The lowest BCUT2D eigenvalue weighted by atomic mass is 10.1. The Morgan fingerprint density at radius 1 is 1.12 bits per heavy atom. The van der Waals surface area contributed by atoms with Crippen molar-refractivity contribution in [3.8, 4) is 17.0 Å². The summed E-state index contributed by atoms with van der Waals surface area (Å²) in [5.74, 6) is -0.641. The van der Waals surface area contributed by atoms with Crippen LogP contribution in [-0.4, -0.2) is 67.6 Å². The molecule has 1 saturated heterocycles. The van der Waals surface area contributed by atoms with Crippen LogP contribution < -0.4 is 15.0 Å². The van der Waals surface area contributed by atoms with E-state index in [0.717, 1.165) is 63.2 Å². The number of pyridine rings is 2. The summed E-state index contributed by atoms with van der Waals surface area (Å²) in [5, 5.41) is -0.266. The number of rotatable bonds is 9. The number of morpholine rings is 1. The van der Waals surface area contributed by atoms with Crippen LogP contribution in [0.4, 0.5) is 10.1 Å². The highest BCUT2D eigenvalue weighted by Gasteiger charge is 2.21. The number of sulfonamides is 1. The fourth-order valence-corrected chi connectivity index (χ4v) is 6.08. The van der Waals surface area contributed by atoms with Crippen LogP contribution >= 0.6 is 11.6 Å². The van der Waals surface area contributed by atoms with Gasteiger partial charge in [-0.25, -0.2) is 22.8 Å². The summed E-state index contributed by atoms with van der Waals surface area (Å²) in [4.78, 5) is 23.9. The van der Waals surface area contributed by atoms with Gasteiger partial charge in [-0.05, 0) is 55.8 Å². The standard InChI is InChI=1S/C27H27ClFN5O5S/c1-38-27-23(32-40(36,37)24-6-5-20(29)14-22(24)28)13-19(16-30-27)18-4-7-25-31-21(15-26(35)34(25)17-18)3-2-8-33-9-11-39-12-10-33/h4-7,13-17,32H,2-3,8-12H2,1H3. The minimum Gasteiger partial charge on any atom is -0.480 e. The number of ether oxygens (including phenoxy) is 2. The smallest absolute Gasteiger partial charge is 0.263 e. The number of benzene rings is 1. The number of anilines is 1. The number of aromatic nitrogens is 3. The third-order valence-electron chi connectivity index (χ3n) is 6.53. The first-order valence-electron chi connectivity index (χ1n) is 12.6. The Balaban J connectivity index is 1.39. The van der Waals surface area contributed by atoms with Gasteiger partial charge in [-0.2, -0.15) is 0 Å². The van der Waals surface area contributed by atoms with Crippen LogP contribution in [0.15, 0.2) is 64.5 Å². The molecule has 1 aromatic carbocycles. The molecule has 40 heavy (non-hydrogen) atoms. The Morgan fingerprint density at radius 3 is 2.67 bits per heavy atom. The fourth-order valence-electron chi connectivity index (χ4n) is 4.50. The van der Waals surface area contributed by atoms with Crippen LogP contribution in [0.25, 0.3) is 16.8 Å². The van der Waals surface area contributed by atoms with Crippen molar-refractivity contribution in [3.63, 3.8) is 0 Å². The molecule has 0 unspecified atom stereocenters. The molecular weight excluding hydrogens is 561 g/mol. The summed E-state index contributed by atoms with van der Waals surface area (Å²) < 4.78 is 53.9. The summed E-state index contributed by atoms with van der Waals surface area (Å²) in [6, 6.07) is 9.56. The minimum absolute atomic E-state index is 0.0203. The van der Waals surface area contributed by atoms with Gasteiger partial charge in [0.15, 0.2) is 0 Å². The number of fused-ring (bicyclic) bond motifs is 1. The highest BCUT2D eigenvalue weighted by Crippen LogP contribution is 2.31. The first kappa shape index (κ1) is 28.0. The first-order chi connectivity index (χ1) is 19.2. The summed E-state index contributed by atoms with van der Waals surface area (Å²) in [6.07, 6.45) is 4.71. The van der Waals surface area contributed by atoms with E-state index in [-0.39, 0.29) is 27.0 Å². The van der Waals surface area contributed by atoms with E-state index in [4.69, 9.17) is 21.1 Å². The summed E-state index contributed by atoms with van der Waals surface area (Å²) >= 11 is 5.98. The number of hydrogen-bond acceptors (Lipinski definition) is 8. The average molecular weight is 588 g/mol. The molecule has 4 heterocycles. The molecule has 0 saturated carbocycles. The predicted molar refractivity (Wildman–Crippen MR) is 149 cm³/mol. The lowest BCUT2D eigenvalue weighted by Crippen LogP contribution is -2.37. The predicted octanol–water partition coefficient (Wildman–Crippen LogP) is 3.62. The topological polar surface area (TPSA) is 115 Å². The quantitative estimate of drug-likeness (QED) is 0.316. The molecule has 0 amide bonds. The zero-order valence-corrected chi connectivity index (χ0v) is 23.2. The van der Waals surface area contributed by atoms with Gasteiger partial charge < -0.3 is 9.47 Å². The summed E-state index contributed by atoms with van der Waals surface area (Å²) in [5.41, 5.74) is 2.18. The number of nitrogens with one attached hydrogen (secondary N) is 1. The molecule has 0 aliphatic carbocycles. The van der Waals surface area contributed by atoms with Crippen LogP contribution in [0.3, 0.4) is 0 Å². The van der Waals surface area contributed by atoms with Crippen molar-refractivity contribution in [1.82, 2.24) is 19.3 Å². The van der Waals surface area contributed by atoms with Crippen molar-refractivity contribution >= 4 is 33.0 Å². The van der Waals surface area contributed by atoms with Crippen molar-refractivity contribution in [2.75, 3.05) is 44.7 Å². The van der Waals surface area contributed by atoms with Crippen LogP contribution in [0, 0.1) is 5.82 Å². The first-order valence-corrected chi connectivity index (χ1v) is 14.4. The van der Waals surface area contributed by atoms with E-state index >= 15 is 0 Å². The number of nitrogens with zero attached hydrogens (tertiary/aromatic N) is 4. The highest BCUT2D eigenvalue weighted by atomic mass is 35.5. The maximum absolute atomic E-state index is 13.4. The number of aryl methyl sites for hydroxylation is 1. The van der Waals surface area contributed by atoms with Crippen LogP contribution in [-0.2, 0) is 21.2 Å². The second-order valence-electron chi connectivity index (χ2n) is 9.25. The molecular formula is C27H27ClFN5O5S. The van der Waals surface area contributed by atoms with Crippen LogP contribution in [0.1, 0.15) is 12.1 Å². The van der Waals surface area contributed by atoms with Gasteiger partial charge in [-0.15, -0.1) is 0 Å². The second-order valence-corrected chi connectivity index (χ2v) is 11.3. The Bertz CT molecular complexity index is 1710. The monoisotopic (exact) mass is 587 g/mol. The van der Waals surface area contributed by atoms with E-state index in [9.17, 15) is 17.6 Å². The van der Waals surface area contributed by atoms with Crippen molar-refractivity contribution in [2.24, 2.45) is 0 Å². The molecule has 1 aliphatic rings. The van der Waals surface area contributed by atoms with Gasteiger partial charge in [0, 0.05) is 48.4 Å². The van der Waals surface area contributed by atoms with Crippen molar-refractivity contribution < 1.29 is 22.3 Å². The second kappa shape index (κ2) is 11.9. The van der Waals surface area contributed by atoms with Crippen molar-refractivity contribution in [3.05, 3.63) is 81.7 Å². The van der Waals surface area contributed by atoms with Gasteiger partial charge >= 0.3 is 0 Å². The van der Waals surface area contributed by atoms with Gasteiger partial charge in [0.05, 0.1) is 25.3 Å². The lowest BCUT2D eigenvalue weighted by molar-refractivity contribution is 0.0374. The average Bonchev–Trinajstić information content (AvgIpc) is 2.93. The number of halogens is 2. The molecule has 10 nitrogen and oxygen atoms in total. The molecule has 210 valence electrons. The van der Waals surface area contributed by atoms with E-state index in [1.54, 1.807) is 18.3 Å². The van der Waals surface area contributed by atoms with Crippen LogP contribution in [0.5, 0.6) is 5.88 Å². The molecule has 0 atom stereocenters. The third-order valence-corrected chi connectivity index (χ3v) is 8.38. The molecule has 13 heteroatoms. The number of methoxy groups -OCH3 is 1. The van der Waals surface area contributed by atoms with E-state index < -0.39 is 15.8 Å². The zero-order valence-electron chi connectivity index (χ0n) is 21.6. The van der Waals surface area contributed by atoms with E-state index in [2.05, 4.69) is 19.6 Å². The van der Waals surface area contributed by atoms with E-state index in [1.807, 2.05) is 0 Å². The molecule has 5 rings (SSSR count). The summed E-state index contributed by atoms with van der Waals surface area (Å²) in [6.45, 7) is 4.25. The Morgan fingerprint density at radius 2 is 1.93 bits per heavy atom.